The maximum Gasteiger partial charge on any atom is 0.0860 e. The minimum atomic E-state index is -0.701. The van der Waals surface area contributed by atoms with Crippen molar-refractivity contribution in [1.82, 2.24) is 0 Å². The smallest absolute Gasteiger partial charge is 0.0860 e. The molecule has 2 saturated carbocycles. The molecule has 0 aromatic rings. The Balaban J connectivity index is 2.09. The van der Waals surface area contributed by atoms with Crippen molar-refractivity contribution in [3.8, 4) is 6.07 Å². The maximum atomic E-state index is 10.9. The van der Waals surface area contributed by atoms with Gasteiger partial charge in [0.15, 0.2) is 0 Å². The Morgan fingerprint density at radius 2 is 1.61 bits per heavy atom. The topological polar surface area (TPSA) is 44.0 Å². The van der Waals surface area contributed by atoms with Gasteiger partial charge in [-0.15, -0.1) is 0 Å². The van der Waals surface area contributed by atoms with Crippen LogP contribution in [-0.2, 0) is 0 Å². The summed E-state index contributed by atoms with van der Waals surface area (Å²) in [6.45, 7) is 8.98. The van der Waals surface area contributed by atoms with Gasteiger partial charge in [-0.3, -0.25) is 0 Å². The molecule has 0 heterocycles. The van der Waals surface area contributed by atoms with Crippen molar-refractivity contribution in [3.05, 3.63) is 0 Å². The van der Waals surface area contributed by atoms with Crippen LogP contribution in [0.3, 0.4) is 0 Å². The molecule has 2 nitrogen and oxygen atoms in total. The van der Waals surface area contributed by atoms with E-state index in [1.165, 1.54) is 0 Å². The predicted octanol–water partition coefficient (Wildman–Crippen LogP) is 3.89. The van der Waals surface area contributed by atoms with Crippen molar-refractivity contribution in [2.45, 2.75) is 71.8 Å². The van der Waals surface area contributed by atoms with Crippen LogP contribution in [0, 0.1) is 34.0 Å². The lowest BCUT2D eigenvalue weighted by Crippen LogP contribution is -2.59. The van der Waals surface area contributed by atoms with Gasteiger partial charge in [-0.05, 0) is 55.8 Å². The lowest BCUT2D eigenvalue weighted by Gasteiger charge is -2.56. The van der Waals surface area contributed by atoms with Crippen LogP contribution in [0.2, 0.25) is 0 Å². The van der Waals surface area contributed by atoms with Gasteiger partial charge in [0.25, 0.3) is 0 Å². The molecule has 0 radical (unpaired) electrons. The van der Waals surface area contributed by atoms with Gasteiger partial charge in [0.1, 0.15) is 0 Å². The van der Waals surface area contributed by atoms with Crippen molar-refractivity contribution in [2.24, 2.45) is 22.7 Å². The van der Waals surface area contributed by atoms with E-state index in [2.05, 4.69) is 33.8 Å². The standard InChI is InChI=1S/C16H27NO/c1-12(2)13-9-16(18,10-13)15(11-17)7-5-14(3,4)6-8-15/h12-13,18H,5-10H2,1-4H3. The number of hydrogen-bond donors (Lipinski definition) is 1. The molecular formula is C16H27NO. The summed E-state index contributed by atoms with van der Waals surface area (Å²) < 4.78 is 0. The summed E-state index contributed by atoms with van der Waals surface area (Å²) in [7, 11) is 0. The van der Waals surface area contributed by atoms with Gasteiger partial charge in [0.05, 0.1) is 17.1 Å². The Kier molecular flexibility index (Phi) is 3.26. The largest absolute Gasteiger partial charge is 0.388 e. The zero-order chi connectivity index (χ0) is 13.6. The first-order chi connectivity index (χ1) is 8.24. The quantitative estimate of drug-likeness (QED) is 0.806. The highest BCUT2D eigenvalue weighted by Crippen LogP contribution is 2.59. The van der Waals surface area contributed by atoms with E-state index >= 15 is 0 Å². The second-order valence-electron chi connectivity index (χ2n) is 7.80. The molecule has 0 amide bonds. The molecule has 0 unspecified atom stereocenters. The predicted molar refractivity (Wildman–Crippen MR) is 72.8 cm³/mol. The van der Waals surface area contributed by atoms with E-state index in [0.717, 1.165) is 38.5 Å². The molecule has 2 aliphatic carbocycles. The number of aliphatic hydroxyl groups is 1. The minimum Gasteiger partial charge on any atom is -0.388 e. The summed E-state index contributed by atoms with van der Waals surface area (Å²) in [4.78, 5) is 0. The van der Waals surface area contributed by atoms with E-state index in [9.17, 15) is 10.4 Å². The van der Waals surface area contributed by atoms with E-state index in [-0.39, 0.29) is 0 Å². The number of nitriles is 1. The van der Waals surface area contributed by atoms with Gasteiger partial charge in [-0.2, -0.15) is 5.26 Å². The van der Waals surface area contributed by atoms with Crippen LogP contribution in [-0.4, -0.2) is 10.7 Å². The average Bonchev–Trinajstić information content (AvgIpc) is 2.25. The summed E-state index contributed by atoms with van der Waals surface area (Å²) in [5, 5.41) is 20.5. The summed E-state index contributed by atoms with van der Waals surface area (Å²) in [6.07, 6.45) is 5.54. The zero-order valence-corrected chi connectivity index (χ0v) is 12.3. The highest BCUT2D eigenvalue weighted by Gasteiger charge is 2.59. The first kappa shape index (κ1) is 13.9. The molecule has 0 bridgehead atoms. The summed E-state index contributed by atoms with van der Waals surface area (Å²) in [5.74, 6) is 1.23. The number of nitrogens with zero attached hydrogens (tertiary/aromatic N) is 1. The fraction of sp³-hybridized carbons (Fsp3) is 0.938. The van der Waals surface area contributed by atoms with Crippen LogP contribution in [0.15, 0.2) is 0 Å². The molecule has 0 aromatic heterocycles. The molecule has 2 rings (SSSR count). The van der Waals surface area contributed by atoms with Crippen LogP contribution < -0.4 is 0 Å². The fourth-order valence-corrected chi connectivity index (χ4v) is 3.70. The van der Waals surface area contributed by atoms with Crippen molar-refractivity contribution in [3.63, 3.8) is 0 Å². The van der Waals surface area contributed by atoms with E-state index < -0.39 is 11.0 Å². The molecule has 0 aromatic carbocycles. The number of hydrogen-bond acceptors (Lipinski definition) is 2. The monoisotopic (exact) mass is 249 g/mol. The van der Waals surface area contributed by atoms with Crippen molar-refractivity contribution in [1.29, 1.82) is 5.26 Å². The Hall–Kier alpha value is -0.550. The molecule has 102 valence electrons. The molecular weight excluding hydrogens is 222 g/mol. The highest BCUT2D eigenvalue weighted by molar-refractivity contribution is 5.18. The lowest BCUT2D eigenvalue weighted by atomic mass is 9.50. The van der Waals surface area contributed by atoms with Crippen LogP contribution in [0.4, 0.5) is 0 Å². The number of rotatable bonds is 2. The molecule has 0 spiro atoms. The Labute approximate surface area is 111 Å². The van der Waals surface area contributed by atoms with E-state index in [0.29, 0.717) is 17.3 Å². The normalized spacial score (nSPS) is 37.9. The van der Waals surface area contributed by atoms with E-state index in [4.69, 9.17) is 0 Å². The maximum absolute atomic E-state index is 10.9. The molecule has 0 saturated heterocycles. The summed E-state index contributed by atoms with van der Waals surface area (Å²) in [5.41, 5.74) is -0.820. The van der Waals surface area contributed by atoms with Gasteiger partial charge >= 0.3 is 0 Å². The molecule has 1 N–H and O–H groups in total. The van der Waals surface area contributed by atoms with Gasteiger partial charge in [0.2, 0.25) is 0 Å². The third-order valence-electron chi connectivity index (χ3n) is 5.70. The lowest BCUT2D eigenvalue weighted by molar-refractivity contribution is -0.171. The van der Waals surface area contributed by atoms with Crippen LogP contribution in [0.1, 0.15) is 66.2 Å². The molecule has 2 aliphatic rings. The van der Waals surface area contributed by atoms with Crippen molar-refractivity contribution >= 4 is 0 Å². The zero-order valence-electron chi connectivity index (χ0n) is 12.3. The fourth-order valence-electron chi connectivity index (χ4n) is 3.70. The molecule has 2 fully saturated rings. The molecule has 2 heteroatoms. The van der Waals surface area contributed by atoms with E-state index in [1.54, 1.807) is 0 Å². The van der Waals surface area contributed by atoms with Crippen LogP contribution in [0.5, 0.6) is 0 Å². The Morgan fingerprint density at radius 1 is 1.11 bits per heavy atom. The van der Waals surface area contributed by atoms with Crippen molar-refractivity contribution in [2.75, 3.05) is 0 Å². The van der Waals surface area contributed by atoms with Crippen molar-refractivity contribution < 1.29 is 5.11 Å². The SMILES string of the molecule is CC(C)C1CC(O)(C2(C#N)CCC(C)(C)CC2)C1. The summed E-state index contributed by atoms with van der Waals surface area (Å²) >= 11 is 0. The van der Waals surface area contributed by atoms with Crippen LogP contribution in [0.25, 0.3) is 0 Å². The first-order valence-electron chi connectivity index (χ1n) is 7.37. The Morgan fingerprint density at radius 3 is 2.00 bits per heavy atom. The van der Waals surface area contributed by atoms with E-state index in [1.807, 2.05) is 0 Å². The first-order valence-corrected chi connectivity index (χ1v) is 7.37. The Bertz CT molecular complexity index is 348. The third kappa shape index (κ3) is 2.07. The average molecular weight is 249 g/mol. The molecule has 0 atom stereocenters. The molecule has 0 aliphatic heterocycles. The second-order valence-corrected chi connectivity index (χ2v) is 7.80. The van der Waals surface area contributed by atoms with Gasteiger partial charge < -0.3 is 5.11 Å². The third-order valence-corrected chi connectivity index (χ3v) is 5.70. The highest BCUT2D eigenvalue weighted by atomic mass is 16.3. The van der Waals surface area contributed by atoms with Gasteiger partial charge in [-0.25, -0.2) is 0 Å². The second kappa shape index (κ2) is 4.23. The van der Waals surface area contributed by atoms with Gasteiger partial charge in [-0.1, -0.05) is 27.7 Å². The minimum absolute atomic E-state index is 0.345. The molecule has 18 heavy (non-hydrogen) atoms. The summed E-state index contributed by atoms with van der Waals surface area (Å²) in [6, 6.07) is 2.51. The van der Waals surface area contributed by atoms with Gasteiger partial charge in [0, 0.05) is 0 Å². The van der Waals surface area contributed by atoms with Crippen LogP contribution >= 0.6 is 0 Å².